The average Bonchev–Trinajstić information content (AvgIpc) is 3.44. The normalized spacial score (nSPS) is 11.4. The van der Waals surface area contributed by atoms with E-state index in [1.807, 2.05) is 31.2 Å². The summed E-state index contributed by atoms with van der Waals surface area (Å²) >= 11 is 3.42. The molecule has 2 heterocycles. The van der Waals surface area contributed by atoms with E-state index in [2.05, 4.69) is 51.7 Å². The summed E-state index contributed by atoms with van der Waals surface area (Å²) in [6.45, 7) is 4.21. The second-order valence-corrected chi connectivity index (χ2v) is 7.69. The number of amides is 1. The van der Waals surface area contributed by atoms with Crippen LogP contribution < -0.4 is 15.9 Å². The van der Waals surface area contributed by atoms with Crippen LogP contribution in [0.4, 0.5) is 5.82 Å². The van der Waals surface area contributed by atoms with Crippen LogP contribution in [-0.2, 0) is 0 Å². The molecular weight excluding hydrogens is 492 g/mol. The third kappa shape index (κ3) is 4.75. The molecule has 1 amide bonds. The highest BCUT2D eigenvalue weighted by atomic mass is 79.9. The van der Waals surface area contributed by atoms with Gasteiger partial charge >= 0.3 is 0 Å². The number of nitrogens with two attached hydrogens (primary N) is 1. The second kappa shape index (κ2) is 9.61. The molecule has 0 atom stereocenters. The zero-order valence-electron chi connectivity index (χ0n) is 17.7. The van der Waals surface area contributed by atoms with Crippen LogP contribution >= 0.6 is 15.9 Å². The quantitative estimate of drug-likeness (QED) is 0.284. The summed E-state index contributed by atoms with van der Waals surface area (Å²) in [7, 11) is 0. The van der Waals surface area contributed by atoms with Crippen molar-refractivity contribution >= 4 is 33.4 Å². The van der Waals surface area contributed by atoms with E-state index >= 15 is 0 Å². The number of nitrogen functional groups attached to an aromatic ring is 1. The SMILES string of the molecule is CCOc1ccc(-c2c(C(=O)NN=C(C)c3cccc(Br)c3)nnn2-c2nonc2N)cc1. The lowest BCUT2D eigenvalue weighted by Gasteiger charge is -2.08. The molecule has 0 spiro atoms. The van der Waals surface area contributed by atoms with E-state index in [4.69, 9.17) is 10.5 Å². The van der Waals surface area contributed by atoms with Crippen LogP contribution in [0, 0.1) is 0 Å². The highest BCUT2D eigenvalue weighted by Gasteiger charge is 2.25. The number of hydrogen-bond acceptors (Lipinski definition) is 9. The topological polar surface area (TPSA) is 146 Å². The van der Waals surface area contributed by atoms with Gasteiger partial charge in [0.25, 0.3) is 5.91 Å². The molecule has 4 aromatic rings. The summed E-state index contributed by atoms with van der Waals surface area (Å²) in [6, 6.07) is 14.7. The lowest BCUT2D eigenvalue weighted by atomic mass is 10.1. The fraction of sp³-hybridized carbons (Fsp3) is 0.143. The smallest absolute Gasteiger partial charge is 0.294 e. The van der Waals surface area contributed by atoms with Crippen molar-refractivity contribution in [3.63, 3.8) is 0 Å². The van der Waals surface area contributed by atoms with Crippen molar-refractivity contribution in [2.45, 2.75) is 13.8 Å². The Hall–Kier alpha value is -4.06. The highest BCUT2D eigenvalue weighted by molar-refractivity contribution is 9.10. The number of carbonyl (C=O) groups excluding carboxylic acids is 1. The first-order chi connectivity index (χ1) is 16.0. The van der Waals surface area contributed by atoms with Crippen LogP contribution in [0.5, 0.6) is 5.75 Å². The number of benzene rings is 2. The molecule has 0 fully saturated rings. The molecule has 0 aliphatic heterocycles. The van der Waals surface area contributed by atoms with Gasteiger partial charge in [-0.3, -0.25) is 4.79 Å². The van der Waals surface area contributed by atoms with Gasteiger partial charge in [-0.25, -0.2) is 10.1 Å². The van der Waals surface area contributed by atoms with Crippen LogP contribution in [0.3, 0.4) is 0 Å². The molecule has 0 saturated carbocycles. The van der Waals surface area contributed by atoms with Gasteiger partial charge in [0.1, 0.15) is 11.4 Å². The Labute approximate surface area is 196 Å². The Kier molecular flexibility index (Phi) is 6.45. The third-order valence-corrected chi connectivity index (χ3v) is 5.08. The summed E-state index contributed by atoms with van der Waals surface area (Å²) < 4.78 is 12.4. The Morgan fingerprint density at radius 1 is 1.24 bits per heavy atom. The monoisotopic (exact) mass is 510 g/mol. The van der Waals surface area contributed by atoms with Gasteiger partial charge in [0, 0.05) is 10.0 Å². The van der Waals surface area contributed by atoms with Gasteiger partial charge in [0.15, 0.2) is 5.69 Å². The fourth-order valence-corrected chi connectivity index (χ4v) is 3.42. The van der Waals surface area contributed by atoms with Gasteiger partial charge in [0.2, 0.25) is 11.6 Å². The Bertz CT molecular complexity index is 1310. The maximum atomic E-state index is 13.0. The minimum absolute atomic E-state index is 0.00237. The molecule has 3 N–H and O–H groups in total. The van der Waals surface area contributed by atoms with Gasteiger partial charge in [0.05, 0.1) is 12.3 Å². The Morgan fingerprint density at radius 2 is 2.03 bits per heavy atom. The number of halogens is 1. The van der Waals surface area contributed by atoms with Crippen molar-refractivity contribution in [1.29, 1.82) is 0 Å². The summed E-state index contributed by atoms with van der Waals surface area (Å²) in [5.74, 6) is 0.236. The second-order valence-electron chi connectivity index (χ2n) is 6.78. The third-order valence-electron chi connectivity index (χ3n) is 4.59. The highest BCUT2D eigenvalue weighted by Crippen LogP contribution is 2.28. The molecule has 2 aromatic carbocycles. The standard InChI is InChI=1S/C21H19BrN8O3/c1-3-32-16-9-7-13(8-10-16)18-17(25-29-30(18)20-19(23)27-33-28-20)21(31)26-24-12(2)14-5-4-6-15(22)11-14/h4-11H,3H2,1-2H3,(H2,23,27)(H,26,31). The fourth-order valence-electron chi connectivity index (χ4n) is 3.02. The van der Waals surface area contributed by atoms with E-state index in [0.717, 1.165) is 10.0 Å². The lowest BCUT2D eigenvalue weighted by molar-refractivity contribution is 0.0950. The number of nitrogens with zero attached hydrogens (tertiary/aromatic N) is 6. The molecule has 0 bridgehead atoms. The van der Waals surface area contributed by atoms with Gasteiger partial charge in [-0.05, 0) is 66.1 Å². The van der Waals surface area contributed by atoms with Crippen molar-refractivity contribution in [2.75, 3.05) is 12.3 Å². The first-order valence-corrected chi connectivity index (χ1v) is 10.6. The minimum Gasteiger partial charge on any atom is -0.494 e. The summed E-state index contributed by atoms with van der Waals surface area (Å²) in [5.41, 5.74) is 10.8. The molecule has 4 rings (SSSR count). The molecule has 0 saturated heterocycles. The van der Waals surface area contributed by atoms with Crippen LogP contribution in [0.25, 0.3) is 17.1 Å². The van der Waals surface area contributed by atoms with E-state index in [9.17, 15) is 4.79 Å². The summed E-state index contributed by atoms with van der Waals surface area (Å²) in [6.07, 6.45) is 0. The molecular formula is C21H19BrN8O3. The van der Waals surface area contributed by atoms with E-state index in [-0.39, 0.29) is 17.3 Å². The van der Waals surface area contributed by atoms with Crippen molar-refractivity contribution in [2.24, 2.45) is 5.10 Å². The zero-order chi connectivity index (χ0) is 23.4. The number of ether oxygens (including phenoxy) is 1. The van der Waals surface area contributed by atoms with Crippen molar-refractivity contribution in [3.8, 4) is 22.8 Å². The average molecular weight is 511 g/mol. The number of hydrogen-bond donors (Lipinski definition) is 2. The first kappa shape index (κ1) is 22.1. The van der Waals surface area contributed by atoms with E-state index in [1.165, 1.54) is 4.68 Å². The Morgan fingerprint density at radius 3 is 2.70 bits per heavy atom. The lowest BCUT2D eigenvalue weighted by Crippen LogP contribution is -2.21. The van der Waals surface area contributed by atoms with Gasteiger partial charge in [-0.15, -0.1) is 5.10 Å². The number of carbonyl (C=O) groups is 1. The number of aromatic nitrogens is 5. The zero-order valence-corrected chi connectivity index (χ0v) is 19.3. The molecule has 0 aliphatic rings. The maximum absolute atomic E-state index is 13.0. The number of nitrogens with one attached hydrogen (secondary N) is 1. The summed E-state index contributed by atoms with van der Waals surface area (Å²) in [4.78, 5) is 13.0. The van der Waals surface area contributed by atoms with E-state index in [1.54, 1.807) is 31.2 Å². The van der Waals surface area contributed by atoms with Crippen LogP contribution in [-0.4, -0.2) is 43.5 Å². The number of rotatable bonds is 7. The molecule has 12 heteroatoms. The molecule has 168 valence electrons. The first-order valence-electron chi connectivity index (χ1n) is 9.85. The van der Waals surface area contributed by atoms with Gasteiger partial charge in [-0.1, -0.05) is 33.3 Å². The van der Waals surface area contributed by atoms with E-state index < -0.39 is 5.91 Å². The molecule has 0 unspecified atom stereocenters. The summed E-state index contributed by atoms with van der Waals surface area (Å²) in [5, 5.41) is 19.6. The number of hydrazone groups is 1. The predicted octanol–water partition coefficient (Wildman–Crippen LogP) is 3.21. The predicted molar refractivity (Wildman–Crippen MR) is 124 cm³/mol. The van der Waals surface area contributed by atoms with Gasteiger partial charge in [-0.2, -0.15) is 9.78 Å². The molecule has 11 nitrogen and oxygen atoms in total. The molecule has 2 aromatic heterocycles. The Balaban J connectivity index is 1.70. The van der Waals surface area contributed by atoms with Crippen molar-refractivity contribution < 1.29 is 14.2 Å². The number of anilines is 1. The minimum atomic E-state index is -0.561. The van der Waals surface area contributed by atoms with E-state index in [0.29, 0.717) is 29.3 Å². The largest absolute Gasteiger partial charge is 0.494 e. The van der Waals surface area contributed by atoms with Crippen molar-refractivity contribution in [1.82, 2.24) is 30.7 Å². The van der Waals surface area contributed by atoms with Crippen molar-refractivity contribution in [3.05, 3.63) is 64.3 Å². The van der Waals surface area contributed by atoms with Crippen LogP contribution in [0.15, 0.2) is 62.7 Å². The maximum Gasteiger partial charge on any atom is 0.294 e. The molecule has 0 aliphatic carbocycles. The molecule has 0 radical (unpaired) electrons. The van der Waals surface area contributed by atoms with Gasteiger partial charge < -0.3 is 10.5 Å². The van der Waals surface area contributed by atoms with Crippen LogP contribution in [0.2, 0.25) is 0 Å². The molecule has 33 heavy (non-hydrogen) atoms. The van der Waals surface area contributed by atoms with Crippen LogP contribution in [0.1, 0.15) is 29.9 Å².